The number of aryl methyl sites for hydroxylation is 2. The topological polar surface area (TPSA) is 83.5 Å². The van der Waals surface area contributed by atoms with Gasteiger partial charge in [-0.3, -0.25) is 24.3 Å². The zero-order chi connectivity index (χ0) is 24.5. The van der Waals surface area contributed by atoms with Gasteiger partial charge in [0.2, 0.25) is 17.7 Å². The lowest BCUT2D eigenvalue weighted by Crippen LogP contribution is -2.43. The first-order chi connectivity index (χ1) is 16.2. The van der Waals surface area contributed by atoms with Gasteiger partial charge in [0.25, 0.3) is 0 Å². The number of hydrogen-bond acceptors (Lipinski definition) is 6. The Bertz CT molecular complexity index is 1230. The Morgan fingerprint density at radius 3 is 2.62 bits per heavy atom. The van der Waals surface area contributed by atoms with Gasteiger partial charge in [-0.1, -0.05) is 30.3 Å². The van der Waals surface area contributed by atoms with Crippen LogP contribution >= 0.6 is 11.3 Å². The zero-order valence-corrected chi connectivity index (χ0v) is 20.6. The molecule has 0 N–H and O–H groups in total. The van der Waals surface area contributed by atoms with E-state index in [-0.39, 0.29) is 43.1 Å². The van der Waals surface area contributed by atoms with Crippen LogP contribution in [0.3, 0.4) is 0 Å². The molecule has 0 aliphatic carbocycles. The first-order valence-electron chi connectivity index (χ1n) is 11.2. The number of carbonyl (C=O) groups excluding carboxylic acids is 3. The second-order valence-corrected chi connectivity index (χ2v) is 9.79. The highest BCUT2D eigenvalue weighted by atomic mass is 32.1. The molecule has 176 valence electrons. The van der Waals surface area contributed by atoms with E-state index in [1.165, 1.54) is 16.2 Å². The number of amides is 3. The van der Waals surface area contributed by atoms with Crippen molar-refractivity contribution in [3.8, 4) is 0 Å². The minimum absolute atomic E-state index is 0.0404. The molecule has 7 nitrogen and oxygen atoms in total. The second-order valence-electron chi connectivity index (χ2n) is 8.90. The van der Waals surface area contributed by atoms with Crippen molar-refractivity contribution < 1.29 is 14.4 Å². The standard InChI is InChI=1S/C26H28N4O3S/c1-17-8-5-6-10-21(17)26(12-22(31)29(4)19(3)24-28-18(2)16-34-24)13-23(32)30(25(26)33)15-20-9-7-11-27-14-20/h5-11,14,16,19H,12-13,15H2,1-4H3/t19-,26+/m1/s1. The van der Waals surface area contributed by atoms with Gasteiger partial charge in [-0.05, 0) is 43.5 Å². The molecule has 2 aromatic heterocycles. The van der Waals surface area contributed by atoms with Gasteiger partial charge in [-0.25, -0.2) is 4.98 Å². The Labute approximate surface area is 203 Å². The number of carbonyl (C=O) groups is 3. The van der Waals surface area contributed by atoms with Crippen LogP contribution in [0, 0.1) is 13.8 Å². The number of pyridine rings is 1. The third-order valence-electron chi connectivity index (χ3n) is 6.55. The number of thiazole rings is 1. The van der Waals surface area contributed by atoms with Crippen molar-refractivity contribution in [2.75, 3.05) is 7.05 Å². The van der Waals surface area contributed by atoms with Crippen LogP contribution in [0.5, 0.6) is 0 Å². The Balaban J connectivity index is 1.67. The maximum absolute atomic E-state index is 13.9. The highest BCUT2D eigenvalue weighted by Gasteiger charge is 2.54. The maximum atomic E-state index is 13.9. The fraction of sp³-hybridized carbons (Fsp3) is 0.346. The largest absolute Gasteiger partial charge is 0.337 e. The number of likely N-dealkylation sites (tertiary alicyclic amines) is 1. The van der Waals surface area contributed by atoms with Crippen molar-refractivity contribution in [2.45, 2.75) is 51.6 Å². The lowest BCUT2D eigenvalue weighted by atomic mass is 9.74. The first kappa shape index (κ1) is 23.8. The van der Waals surface area contributed by atoms with E-state index in [9.17, 15) is 14.4 Å². The minimum Gasteiger partial charge on any atom is -0.337 e. The molecule has 1 aromatic carbocycles. The first-order valence-corrected chi connectivity index (χ1v) is 12.1. The summed E-state index contributed by atoms with van der Waals surface area (Å²) in [6, 6.07) is 10.9. The smallest absolute Gasteiger partial charge is 0.241 e. The summed E-state index contributed by atoms with van der Waals surface area (Å²) in [4.78, 5) is 52.1. The fourth-order valence-corrected chi connectivity index (χ4v) is 5.41. The van der Waals surface area contributed by atoms with Gasteiger partial charge in [0.15, 0.2) is 0 Å². The average Bonchev–Trinajstić information content (AvgIpc) is 3.36. The van der Waals surface area contributed by atoms with E-state index in [0.29, 0.717) is 0 Å². The summed E-state index contributed by atoms with van der Waals surface area (Å²) in [7, 11) is 1.73. The van der Waals surface area contributed by atoms with Gasteiger partial charge < -0.3 is 4.90 Å². The molecule has 3 amide bonds. The Kier molecular flexibility index (Phi) is 6.61. The van der Waals surface area contributed by atoms with E-state index in [4.69, 9.17) is 0 Å². The van der Waals surface area contributed by atoms with Crippen molar-refractivity contribution in [3.05, 3.63) is 81.6 Å². The van der Waals surface area contributed by atoms with E-state index in [1.807, 2.05) is 56.5 Å². The fourth-order valence-electron chi connectivity index (χ4n) is 4.52. The van der Waals surface area contributed by atoms with Crippen molar-refractivity contribution in [1.82, 2.24) is 19.8 Å². The van der Waals surface area contributed by atoms with Gasteiger partial charge in [0, 0.05) is 43.4 Å². The van der Waals surface area contributed by atoms with Crippen molar-refractivity contribution in [1.29, 1.82) is 0 Å². The molecule has 1 saturated heterocycles. The summed E-state index contributed by atoms with van der Waals surface area (Å²) in [5.41, 5.74) is 2.04. The molecule has 8 heteroatoms. The summed E-state index contributed by atoms with van der Waals surface area (Å²) in [6.07, 6.45) is 3.16. The normalized spacial score (nSPS) is 18.9. The minimum atomic E-state index is -1.24. The van der Waals surface area contributed by atoms with E-state index >= 15 is 0 Å². The van der Waals surface area contributed by atoms with E-state index in [1.54, 1.807) is 30.4 Å². The molecule has 1 aliphatic heterocycles. The molecule has 2 atom stereocenters. The monoisotopic (exact) mass is 476 g/mol. The predicted molar refractivity (Wildman–Crippen MR) is 130 cm³/mol. The molecule has 0 saturated carbocycles. The summed E-state index contributed by atoms with van der Waals surface area (Å²) >= 11 is 1.51. The van der Waals surface area contributed by atoms with Gasteiger partial charge >= 0.3 is 0 Å². The molecule has 1 aliphatic rings. The number of aromatic nitrogens is 2. The summed E-state index contributed by atoms with van der Waals surface area (Å²) in [6.45, 7) is 5.89. The number of rotatable bonds is 7. The van der Waals surface area contributed by atoms with Crippen molar-refractivity contribution in [2.24, 2.45) is 0 Å². The third-order valence-corrected chi connectivity index (χ3v) is 7.69. The Hall–Kier alpha value is -3.39. The molecule has 3 heterocycles. The van der Waals surface area contributed by atoms with Crippen LogP contribution in [-0.2, 0) is 26.3 Å². The molecular formula is C26H28N4O3S. The number of imide groups is 1. The maximum Gasteiger partial charge on any atom is 0.241 e. The van der Waals surface area contributed by atoms with Crippen LogP contribution in [0.4, 0.5) is 0 Å². The van der Waals surface area contributed by atoms with E-state index in [0.717, 1.165) is 27.4 Å². The summed E-state index contributed by atoms with van der Waals surface area (Å²) in [5.74, 6) is -0.820. The molecule has 0 radical (unpaired) electrons. The van der Waals surface area contributed by atoms with Crippen molar-refractivity contribution >= 4 is 29.1 Å². The Morgan fingerprint density at radius 1 is 1.21 bits per heavy atom. The van der Waals surface area contributed by atoms with Crippen LogP contribution in [0.15, 0.2) is 54.2 Å². The molecule has 34 heavy (non-hydrogen) atoms. The predicted octanol–water partition coefficient (Wildman–Crippen LogP) is 3.96. The average molecular weight is 477 g/mol. The van der Waals surface area contributed by atoms with Gasteiger partial charge in [-0.15, -0.1) is 11.3 Å². The number of hydrogen-bond donors (Lipinski definition) is 0. The highest BCUT2D eigenvalue weighted by Crippen LogP contribution is 2.42. The second kappa shape index (κ2) is 9.46. The lowest BCUT2D eigenvalue weighted by molar-refractivity contribution is -0.143. The molecule has 3 aromatic rings. The van der Waals surface area contributed by atoms with Gasteiger partial charge in [0.1, 0.15) is 5.01 Å². The highest BCUT2D eigenvalue weighted by molar-refractivity contribution is 7.09. The molecule has 1 fully saturated rings. The van der Waals surface area contributed by atoms with E-state index < -0.39 is 5.41 Å². The summed E-state index contributed by atoms with van der Waals surface area (Å²) in [5, 5.41) is 2.79. The molecule has 0 spiro atoms. The molecule has 0 unspecified atom stereocenters. The SMILES string of the molecule is Cc1csc([C@@H](C)N(C)C(=O)C[C@@]2(c3ccccc3C)CC(=O)N(Cc3cccnc3)C2=O)n1. The van der Waals surface area contributed by atoms with Gasteiger partial charge in [-0.2, -0.15) is 0 Å². The summed E-state index contributed by atoms with van der Waals surface area (Å²) < 4.78 is 0. The van der Waals surface area contributed by atoms with E-state index in [2.05, 4.69) is 9.97 Å². The van der Waals surface area contributed by atoms with Crippen molar-refractivity contribution in [3.63, 3.8) is 0 Å². The Morgan fingerprint density at radius 2 is 1.97 bits per heavy atom. The molecular weight excluding hydrogens is 448 g/mol. The number of nitrogens with zero attached hydrogens (tertiary/aromatic N) is 4. The van der Waals surface area contributed by atoms with Crippen LogP contribution in [-0.4, -0.2) is 44.5 Å². The van der Waals surface area contributed by atoms with Gasteiger partial charge in [0.05, 0.1) is 18.0 Å². The quantitative estimate of drug-likeness (QED) is 0.482. The van der Waals surface area contributed by atoms with Crippen LogP contribution in [0.25, 0.3) is 0 Å². The molecule has 0 bridgehead atoms. The molecule has 4 rings (SSSR count). The van der Waals surface area contributed by atoms with Crippen LogP contribution in [0.2, 0.25) is 0 Å². The zero-order valence-electron chi connectivity index (χ0n) is 19.8. The number of benzene rings is 1. The van der Waals surface area contributed by atoms with Crippen LogP contribution in [0.1, 0.15) is 53.2 Å². The third kappa shape index (κ3) is 4.37. The lowest BCUT2D eigenvalue weighted by Gasteiger charge is -2.32. The van der Waals surface area contributed by atoms with Crippen LogP contribution < -0.4 is 0 Å².